The Morgan fingerprint density at radius 3 is 2.75 bits per heavy atom. The van der Waals surface area contributed by atoms with Crippen molar-refractivity contribution in [3.8, 4) is 0 Å². The van der Waals surface area contributed by atoms with Gasteiger partial charge in [0, 0.05) is 25.2 Å². The van der Waals surface area contributed by atoms with Gasteiger partial charge in [-0.15, -0.1) is 24.8 Å². The number of hydrogen-bond donors (Lipinski definition) is 2. The van der Waals surface area contributed by atoms with Crippen LogP contribution >= 0.6 is 24.8 Å². The molecule has 1 saturated carbocycles. The van der Waals surface area contributed by atoms with E-state index >= 15 is 0 Å². The number of carbonyl (C=O) groups excluding carboxylic acids is 1. The average Bonchev–Trinajstić information content (AvgIpc) is 3.09. The Morgan fingerprint density at radius 2 is 2.04 bits per heavy atom. The lowest BCUT2D eigenvalue weighted by Crippen LogP contribution is -2.47. The number of nitrogens with two attached hydrogens (primary N) is 1. The first kappa shape index (κ1) is 24.5. The van der Waals surface area contributed by atoms with Crippen LogP contribution in [-0.2, 0) is 17.8 Å². The summed E-state index contributed by atoms with van der Waals surface area (Å²) in [5, 5.41) is 3.15. The molecule has 1 fully saturated rings. The summed E-state index contributed by atoms with van der Waals surface area (Å²) in [5.41, 5.74) is 8.22. The smallest absolute Gasteiger partial charge is 0.237 e. The van der Waals surface area contributed by atoms with Crippen molar-refractivity contribution >= 4 is 30.7 Å². The van der Waals surface area contributed by atoms with Crippen molar-refractivity contribution in [1.29, 1.82) is 0 Å². The minimum atomic E-state index is -0.544. The second-order valence-corrected chi connectivity index (χ2v) is 7.48. The Kier molecular flexibility index (Phi) is 10.6. The van der Waals surface area contributed by atoms with Crippen molar-refractivity contribution in [1.82, 2.24) is 14.9 Å². The van der Waals surface area contributed by atoms with Gasteiger partial charge in [0.15, 0.2) is 0 Å². The van der Waals surface area contributed by atoms with Crippen molar-refractivity contribution in [3.63, 3.8) is 0 Å². The lowest BCUT2D eigenvalue weighted by Gasteiger charge is -2.29. The SMILES string of the molecule is CCC1CCCC(NC(=O)[C@@H](N)Cc2cn(Cc3ccccc3)cn2)C1.Cl.Cl. The number of halogens is 2. The first-order chi connectivity index (χ1) is 12.6. The fourth-order valence-corrected chi connectivity index (χ4v) is 3.81. The second-order valence-electron chi connectivity index (χ2n) is 7.48. The molecule has 1 aromatic heterocycles. The maximum Gasteiger partial charge on any atom is 0.237 e. The number of imidazole rings is 1. The lowest BCUT2D eigenvalue weighted by molar-refractivity contribution is -0.123. The highest BCUT2D eigenvalue weighted by Gasteiger charge is 2.24. The number of rotatable bonds is 7. The molecule has 0 radical (unpaired) electrons. The average molecular weight is 427 g/mol. The molecule has 5 nitrogen and oxygen atoms in total. The van der Waals surface area contributed by atoms with Crippen molar-refractivity contribution in [3.05, 3.63) is 54.1 Å². The van der Waals surface area contributed by atoms with Gasteiger partial charge in [0.1, 0.15) is 0 Å². The van der Waals surface area contributed by atoms with Gasteiger partial charge in [-0.25, -0.2) is 4.98 Å². The normalized spacial score (nSPS) is 19.8. The van der Waals surface area contributed by atoms with Gasteiger partial charge < -0.3 is 15.6 Å². The molecule has 1 heterocycles. The molecule has 0 saturated heterocycles. The number of hydrogen-bond acceptors (Lipinski definition) is 3. The van der Waals surface area contributed by atoms with Crippen LogP contribution in [0.25, 0.3) is 0 Å². The van der Waals surface area contributed by atoms with E-state index in [1.165, 1.54) is 24.8 Å². The summed E-state index contributed by atoms with van der Waals surface area (Å²) in [7, 11) is 0. The van der Waals surface area contributed by atoms with Crippen LogP contribution in [0.3, 0.4) is 0 Å². The van der Waals surface area contributed by atoms with E-state index in [0.717, 1.165) is 31.0 Å². The number of nitrogens with one attached hydrogen (secondary N) is 1. The molecule has 156 valence electrons. The van der Waals surface area contributed by atoms with Crippen molar-refractivity contribution in [2.75, 3.05) is 0 Å². The molecule has 0 spiro atoms. The number of carbonyl (C=O) groups is 1. The summed E-state index contributed by atoms with van der Waals surface area (Å²) in [4.78, 5) is 16.8. The largest absolute Gasteiger partial charge is 0.352 e. The minimum absolute atomic E-state index is 0. The van der Waals surface area contributed by atoms with E-state index in [9.17, 15) is 4.79 Å². The van der Waals surface area contributed by atoms with Crippen molar-refractivity contribution in [2.45, 2.75) is 64.1 Å². The van der Waals surface area contributed by atoms with Crippen LogP contribution in [0, 0.1) is 5.92 Å². The number of benzene rings is 1. The molecule has 0 bridgehead atoms. The quantitative estimate of drug-likeness (QED) is 0.707. The molecule has 2 unspecified atom stereocenters. The van der Waals surface area contributed by atoms with Gasteiger partial charge in [0.25, 0.3) is 0 Å². The predicted molar refractivity (Wildman–Crippen MR) is 118 cm³/mol. The molecule has 3 N–H and O–H groups in total. The van der Waals surface area contributed by atoms with Crippen LogP contribution in [0.4, 0.5) is 0 Å². The van der Waals surface area contributed by atoms with Gasteiger partial charge in [-0.1, -0.05) is 56.5 Å². The minimum Gasteiger partial charge on any atom is -0.352 e. The Morgan fingerprint density at radius 1 is 1.29 bits per heavy atom. The van der Waals surface area contributed by atoms with E-state index in [-0.39, 0.29) is 36.8 Å². The Balaban J connectivity index is 0.00000196. The van der Waals surface area contributed by atoms with E-state index in [1.54, 1.807) is 6.33 Å². The monoisotopic (exact) mass is 426 g/mol. The zero-order valence-electron chi connectivity index (χ0n) is 16.4. The molecule has 7 heteroatoms. The van der Waals surface area contributed by atoms with Crippen LogP contribution in [0.2, 0.25) is 0 Å². The van der Waals surface area contributed by atoms with E-state index < -0.39 is 6.04 Å². The zero-order chi connectivity index (χ0) is 18.4. The fraction of sp³-hybridized carbons (Fsp3) is 0.524. The highest BCUT2D eigenvalue weighted by atomic mass is 35.5. The lowest BCUT2D eigenvalue weighted by atomic mass is 9.84. The molecule has 0 aliphatic heterocycles. The van der Waals surface area contributed by atoms with E-state index in [1.807, 2.05) is 29.0 Å². The summed E-state index contributed by atoms with van der Waals surface area (Å²) in [6.07, 6.45) is 10.1. The number of amides is 1. The summed E-state index contributed by atoms with van der Waals surface area (Å²) in [5.74, 6) is 0.684. The summed E-state index contributed by atoms with van der Waals surface area (Å²) in [6, 6.07) is 9.98. The van der Waals surface area contributed by atoms with Crippen LogP contribution in [-0.4, -0.2) is 27.5 Å². The first-order valence-electron chi connectivity index (χ1n) is 9.74. The molecule has 2 aromatic rings. The molecule has 3 rings (SSSR count). The molecule has 1 aromatic carbocycles. The zero-order valence-corrected chi connectivity index (χ0v) is 18.1. The first-order valence-corrected chi connectivity index (χ1v) is 9.74. The Hall–Kier alpha value is -1.56. The molecule has 28 heavy (non-hydrogen) atoms. The maximum atomic E-state index is 12.4. The molecule has 3 atom stereocenters. The van der Waals surface area contributed by atoms with E-state index in [4.69, 9.17) is 5.73 Å². The van der Waals surface area contributed by atoms with Crippen LogP contribution in [0.1, 0.15) is 50.3 Å². The third kappa shape index (κ3) is 7.12. The molecule has 1 amide bonds. The van der Waals surface area contributed by atoms with Gasteiger partial charge in [-0.2, -0.15) is 0 Å². The summed E-state index contributed by atoms with van der Waals surface area (Å²) >= 11 is 0. The van der Waals surface area contributed by atoms with Gasteiger partial charge in [0.05, 0.1) is 18.1 Å². The van der Waals surface area contributed by atoms with Gasteiger partial charge >= 0.3 is 0 Å². The fourth-order valence-electron chi connectivity index (χ4n) is 3.81. The van der Waals surface area contributed by atoms with Crippen LogP contribution in [0.15, 0.2) is 42.9 Å². The summed E-state index contributed by atoms with van der Waals surface area (Å²) in [6.45, 7) is 3.00. The van der Waals surface area contributed by atoms with E-state index in [0.29, 0.717) is 6.42 Å². The number of nitrogens with zero attached hydrogens (tertiary/aromatic N) is 2. The highest BCUT2D eigenvalue weighted by molar-refractivity contribution is 5.85. The molecular formula is C21H32Cl2N4O. The second kappa shape index (κ2) is 12.1. The van der Waals surface area contributed by atoms with Crippen LogP contribution < -0.4 is 11.1 Å². The predicted octanol–water partition coefficient (Wildman–Crippen LogP) is 3.73. The number of aromatic nitrogens is 2. The molecular weight excluding hydrogens is 395 g/mol. The topological polar surface area (TPSA) is 72.9 Å². The van der Waals surface area contributed by atoms with Crippen LogP contribution in [0.5, 0.6) is 0 Å². The maximum absolute atomic E-state index is 12.4. The van der Waals surface area contributed by atoms with Gasteiger partial charge in [0.2, 0.25) is 5.91 Å². The van der Waals surface area contributed by atoms with Crippen molar-refractivity contribution < 1.29 is 4.79 Å². The molecule has 1 aliphatic carbocycles. The third-order valence-corrected chi connectivity index (χ3v) is 5.37. The molecule has 1 aliphatic rings. The summed E-state index contributed by atoms with van der Waals surface area (Å²) < 4.78 is 2.03. The van der Waals surface area contributed by atoms with E-state index in [2.05, 4.69) is 29.4 Å². The Bertz CT molecular complexity index is 707. The third-order valence-electron chi connectivity index (χ3n) is 5.37. The Labute approximate surface area is 180 Å². The van der Waals surface area contributed by atoms with Gasteiger partial charge in [-0.05, 0) is 24.3 Å². The standard InChI is InChI=1S/C21H30N4O.2ClH/c1-2-16-9-6-10-18(11-16)24-21(26)20(22)12-19-14-25(15-23-19)13-17-7-4-3-5-8-17;;/h3-5,7-8,14-16,18,20H,2,6,9-13,22H2,1H3,(H,24,26);2*1H/t16?,18?,20-;;/m0../s1. The highest BCUT2D eigenvalue weighted by Crippen LogP contribution is 2.26. The van der Waals surface area contributed by atoms with Gasteiger partial charge in [-0.3, -0.25) is 4.79 Å². The van der Waals surface area contributed by atoms with Crippen molar-refractivity contribution in [2.24, 2.45) is 11.7 Å².